The lowest BCUT2D eigenvalue weighted by atomic mass is 9.89. The van der Waals surface area contributed by atoms with Crippen molar-refractivity contribution in [1.82, 2.24) is 0 Å². The first-order valence-corrected chi connectivity index (χ1v) is 6.98. The largest absolute Gasteiger partial charge is 0.385 e. The molecule has 0 radical (unpaired) electrons. The molecule has 1 N–H and O–H groups in total. The molecule has 1 aromatic rings. The summed E-state index contributed by atoms with van der Waals surface area (Å²) in [5, 5.41) is 3.62. The fourth-order valence-corrected chi connectivity index (χ4v) is 2.79. The second-order valence-corrected chi connectivity index (χ2v) is 5.62. The van der Waals surface area contributed by atoms with E-state index in [1.165, 1.54) is 54.5 Å². The van der Waals surface area contributed by atoms with E-state index < -0.39 is 0 Å². The van der Waals surface area contributed by atoms with E-state index in [1.54, 1.807) is 0 Å². The molecular weight excluding hydrogens is 206 g/mol. The Hall–Kier alpha value is -0.980. The van der Waals surface area contributed by atoms with Crippen molar-refractivity contribution >= 4 is 5.69 Å². The van der Waals surface area contributed by atoms with Gasteiger partial charge in [-0.05, 0) is 68.4 Å². The Bertz CT molecular complexity index is 352. The normalized spacial score (nSPS) is 17.1. The zero-order chi connectivity index (χ0) is 12.3. The molecule has 1 saturated carbocycles. The third-order valence-corrected chi connectivity index (χ3v) is 4.25. The molecule has 0 saturated heterocycles. The highest BCUT2D eigenvalue weighted by Crippen LogP contribution is 2.25. The molecule has 1 aliphatic carbocycles. The van der Waals surface area contributed by atoms with E-state index in [4.69, 9.17) is 0 Å². The van der Waals surface area contributed by atoms with Crippen molar-refractivity contribution in [2.24, 2.45) is 5.92 Å². The Labute approximate surface area is 106 Å². The van der Waals surface area contributed by atoms with Crippen LogP contribution < -0.4 is 5.32 Å². The summed E-state index contributed by atoms with van der Waals surface area (Å²) in [5.74, 6) is 0.894. The third kappa shape index (κ3) is 3.24. The van der Waals surface area contributed by atoms with Crippen LogP contribution in [-0.4, -0.2) is 6.54 Å². The van der Waals surface area contributed by atoms with E-state index in [9.17, 15) is 0 Å². The monoisotopic (exact) mass is 231 g/mol. The molecule has 1 nitrogen and oxygen atoms in total. The van der Waals surface area contributed by atoms with Gasteiger partial charge < -0.3 is 5.32 Å². The summed E-state index contributed by atoms with van der Waals surface area (Å²) >= 11 is 0. The van der Waals surface area contributed by atoms with Gasteiger partial charge in [0.15, 0.2) is 0 Å². The van der Waals surface area contributed by atoms with Gasteiger partial charge in [0.1, 0.15) is 0 Å². The fourth-order valence-electron chi connectivity index (χ4n) is 2.79. The molecule has 1 fully saturated rings. The van der Waals surface area contributed by atoms with Crippen LogP contribution in [0.4, 0.5) is 5.69 Å². The van der Waals surface area contributed by atoms with Crippen molar-refractivity contribution in [2.75, 3.05) is 11.9 Å². The molecule has 17 heavy (non-hydrogen) atoms. The summed E-state index contributed by atoms with van der Waals surface area (Å²) in [7, 11) is 0. The van der Waals surface area contributed by atoms with Crippen molar-refractivity contribution in [1.29, 1.82) is 0 Å². The number of nitrogens with one attached hydrogen (secondary N) is 1. The van der Waals surface area contributed by atoms with E-state index in [1.807, 2.05) is 0 Å². The number of rotatable bonds is 3. The van der Waals surface area contributed by atoms with Crippen molar-refractivity contribution in [2.45, 2.75) is 52.9 Å². The molecule has 1 heteroatoms. The molecule has 0 unspecified atom stereocenters. The van der Waals surface area contributed by atoms with Gasteiger partial charge in [0.25, 0.3) is 0 Å². The van der Waals surface area contributed by atoms with Gasteiger partial charge in [-0.15, -0.1) is 0 Å². The molecule has 0 spiro atoms. The molecule has 0 aliphatic heterocycles. The Balaban J connectivity index is 1.94. The van der Waals surface area contributed by atoms with Crippen molar-refractivity contribution < 1.29 is 0 Å². The highest BCUT2D eigenvalue weighted by atomic mass is 14.9. The summed E-state index contributed by atoms with van der Waals surface area (Å²) in [6, 6.07) is 4.57. The van der Waals surface area contributed by atoms with Gasteiger partial charge in [0.2, 0.25) is 0 Å². The summed E-state index contributed by atoms with van der Waals surface area (Å²) in [6.07, 6.45) is 7.13. The smallest absolute Gasteiger partial charge is 0.0345 e. The summed E-state index contributed by atoms with van der Waals surface area (Å²) < 4.78 is 0. The maximum atomic E-state index is 3.62. The lowest BCUT2D eigenvalue weighted by Crippen LogP contribution is -2.17. The lowest BCUT2D eigenvalue weighted by Gasteiger charge is -2.22. The van der Waals surface area contributed by atoms with Crippen LogP contribution >= 0.6 is 0 Å². The zero-order valence-electron chi connectivity index (χ0n) is 11.5. The number of benzene rings is 1. The molecule has 1 aromatic carbocycles. The standard InChI is InChI=1S/C16H25N/c1-12-9-16(10-13(2)14(12)3)17-11-15-7-5-4-6-8-15/h9-10,15,17H,4-8,11H2,1-3H3. The Kier molecular flexibility index (Phi) is 4.09. The van der Waals surface area contributed by atoms with E-state index in [0.717, 1.165) is 12.5 Å². The van der Waals surface area contributed by atoms with Crippen LogP contribution in [0.5, 0.6) is 0 Å². The minimum Gasteiger partial charge on any atom is -0.385 e. The van der Waals surface area contributed by atoms with Crippen LogP contribution in [0.25, 0.3) is 0 Å². The van der Waals surface area contributed by atoms with Gasteiger partial charge in [-0.1, -0.05) is 19.3 Å². The van der Waals surface area contributed by atoms with Crippen LogP contribution in [0.3, 0.4) is 0 Å². The summed E-state index contributed by atoms with van der Waals surface area (Å²) in [4.78, 5) is 0. The molecule has 1 aliphatic rings. The highest BCUT2D eigenvalue weighted by Gasteiger charge is 2.13. The third-order valence-electron chi connectivity index (χ3n) is 4.25. The first-order chi connectivity index (χ1) is 8.16. The second kappa shape index (κ2) is 5.57. The van der Waals surface area contributed by atoms with Crippen LogP contribution in [0.15, 0.2) is 12.1 Å². The Morgan fingerprint density at radius 1 is 1.00 bits per heavy atom. The van der Waals surface area contributed by atoms with E-state index in [0.29, 0.717) is 0 Å². The molecule has 0 aromatic heterocycles. The van der Waals surface area contributed by atoms with Crippen LogP contribution in [0.2, 0.25) is 0 Å². The van der Waals surface area contributed by atoms with E-state index in [-0.39, 0.29) is 0 Å². The van der Waals surface area contributed by atoms with Gasteiger partial charge in [-0.2, -0.15) is 0 Å². The molecule has 0 amide bonds. The maximum absolute atomic E-state index is 3.62. The van der Waals surface area contributed by atoms with Crippen LogP contribution in [0, 0.1) is 26.7 Å². The minimum atomic E-state index is 0.894. The molecular formula is C16H25N. The summed E-state index contributed by atoms with van der Waals surface area (Å²) in [5.41, 5.74) is 5.52. The van der Waals surface area contributed by atoms with Gasteiger partial charge in [0, 0.05) is 12.2 Å². The molecule has 0 atom stereocenters. The van der Waals surface area contributed by atoms with Gasteiger partial charge in [0.05, 0.1) is 0 Å². The zero-order valence-corrected chi connectivity index (χ0v) is 11.5. The van der Waals surface area contributed by atoms with E-state index in [2.05, 4.69) is 38.2 Å². The number of anilines is 1. The Morgan fingerprint density at radius 2 is 1.59 bits per heavy atom. The average Bonchev–Trinajstić information content (AvgIpc) is 2.34. The van der Waals surface area contributed by atoms with E-state index >= 15 is 0 Å². The molecule has 94 valence electrons. The second-order valence-electron chi connectivity index (χ2n) is 5.62. The SMILES string of the molecule is Cc1cc(NCC2CCCCC2)cc(C)c1C. The predicted molar refractivity (Wildman–Crippen MR) is 75.7 cm³/mol. The molecule has 0 bridgehead atoms. The van der Waals surface area contributed by atoms with Crippen molar-refractivity contribution in [3.8, 4) is 0 Å². The Morgan fingerprint density at radius 3 is 2.18 bits per heavy atom. The topological polar surface area (TPSA) is 12.0 Å². The number of aryl methyl sites for hydroxylation is 2. The quantitative estimate of drug-likeness (QED) is 0.801. The minimum absolute atomic E-state index is 0.894. The fraction of sp³-hybridized carbons (Fsp3) is 0.625. The average molecular weight is 231 g/mol. The first-order valence-electron chi connectivity index (χ1n) is 6.98. The maximum Gasteiger partial charge on any atom is 0.0345 e. The molecule has 2 rings (SSSR count). The van der Waals surface area contributed by atoms with Gasteiger partial charge in [-0.25, -0.2) is 0 Å². The summed E-state index contributed by atoms with van der Waals surface area (Å²) in [6.45, 7) is 7.76. The van der Waals surface area contributed by atoms with Gasteiger partial charge >= 0.3 is 0 Å². The lowest BCUT2D eigenvalue weighted by molar-refractivity contribution is 0.373. The number of hydrogen-bond acceptors (Lipinski definition) is 1. The van der Waals surface area contributed by atoms with Crippen LogP contribution in [-0.2, 0) is 0 Å². The van der Waals surface area contributed by atoms with Gasteiger partial charge in [-0.3, -0.25) is 0 Å². The van der Waals surface area contributed by atoms with Crippen molar-refractivity contribution in [3.05, 3.63) is 28.8 Å². The predicted octanol–water partition coefficient (Wildman–Crippen LogP) is 4.60. The number of hydrogen-bond donors (Lipinski definition) is 1. The molecule has 0 heterocycles. The highest BCUT2D eigenvalue weighted by molar-refractivity contribution is 5.51. The van der Waals surface area contributed by atoms with Crippen LogP contribution in [0.1, 0.15) is 48.8 Å². The first kappa shape index (κ1) is 12.5. The van der Waals surface area contributed by atoms with Crippen molar-refractivity contribution in [3.63, 3.8) is 0 Å².